The Hall–Kier alpha value is -1.82. The fraction of sp³-hybridized carbons (Fsp3) is 0.308. The molecule has 6 heteroatoms. The van der Waals surface area contributed by atoms with Crippen molar-refractivity contribution in [2.75, 3.05) is 13.1 Å². The van der Waals surface area contributed by atoms with Gasteiger partial charge in [-0.25, -0.2) is 17.9 Å². The smallest absolute Gasteiger partial charge is 0.324 e. The molecular formula is C13H16N2O3S. The van der Waals surface area contributed by atoms with Gasteiger partial charge in [-0.2, -0.15) is 0 Å². The maximum Gasteiger partial charge on any atom is 0.331 e. The van der Waals surface area contributed by atoms with Crippen molar-refractivity contribution in [3.05, 3.63) is 41.3 Å². The molecule has 2 amide bonds. The first-order chi connectivity index (χ1) is 9.07. The van der Waals surface area contributed by atoms with Crippen molar-refractivity contribution < 1.29 is 13.2 Å². The second-order valence-electron chi connectivity index (χ2n) is 4.36. The summed E-state index contributed by atoms with van der Waals surface area (Å²) in [6, 6.07) is 8.50. The van der Waals surface area contributed by atoms with Gasteiger partial charge >= 0.3 is 6.03 Å². The molecule has 19 heavy (non-hydrogen) atoms. The van der Waals surface area contributed by atoms with Crippen molar-refractivity contribution >= 4 is 22.1 Å². The third kappa shape index (κ3) is 4.10. The molecular weight excluding hydrogens is 264 g/mol. The number of benzene rings is 1. The number of nitrogens with zero attached hydrogens (tertiary/aromatic N) is 1. The largest absolute Gasteiger partial charge is 0.331 e. The highest BCUT2D eigenvalue weighted by molar-refractivity contribution is 7.93. The highest BCUT2D eigenvalue weighted by atomic mass is 32.2. The minimum atomic E-state index is -3.74. The zero-order valence-electron chi connectivity index (χ0n) is 10.5. The van der Waals surface area contributed by atoms with Crippen LogP contribution in [0.2, 0.25) is 0 Å². The quantitative estimate of drug-likeness (QED) is 0.918. The van der Waals surface area contributed by atoms with Crippen LogP contribution in [0, 0.1) is 0 Å². The van der Waals surface area contributed by atoms with Gasteiger partial charge in [-0.3, -0.25) is 0 Å². The molecule has 1 fully saturated rings. The Bertz CT molecular complexity index is 561. The first-order valence-corrected chi connectivity index (χ1v) is 7.66. The van der Waals surface area contributed by atoms with E-state index in [1.807, 2.05) is 22.9 Å². The van der Waals surface area contributed by atoms with E-state index in [1.165, 1.54) is 11.0 Å². The van der Waals surface area contributed by atoms with E-state index in [4.69, 9.17) is 0 Å². The third-order valence-electron chi connectivity index (χ3n) is 2.86. The molecule has 2 rings (SSSR count). The fourth-order valence-electron chi connectivity index (χ4n) is 1.87. The topological polar surface area (TPSA) is 66.5 Å². The van der Waals surface area contributed by atoms with Crippen LogP contribution < -0.4 is 4.72 Å². The van der Waals surface area contributed by atoms with Crippen LogP contribution in [-0.4, -0.2) is 32.4 Å². The molecule has 0 aromatic heterocycles. The van der Waals surface area contributed by atoms with Crippen LogP contribution in [0.5, 0.6) is 0 Å². The lowest BCUT2D eigenvalue weighted by atomic mass is 10.2. The summed E-state index contributed by atoms with van der Waals surface area (Å²) >= 11 is 0. The van der Waals surface area contributed by atoms with Gasteiger partial charge in [0, 0.05) is 13.1 Å². The predicted octanol–water partition coefficient (Wildman–Crippen LogP) is 1.79. The van der Waals surface area contributed by atoms with E-state index in [-0.39, 0.29) is 0 Å². The Morgan fingerprint density at radius 2 is 1.79 bits per heavy atom. The summed E-state index contributed by atoms with van der Waals surface area (Å²) in [6.45, 7) is 1.23. The molecule has 5 nitrogen and oxygen atoms in total. The van der Waals surface area contributed by atoms with Gasteiger partial charge in [-0.05, 0) is 24.5 Å². The van der Waals surface area contributed by atoms with Gasteiger partial charge in [-0.15, -0.1) is 0 Å². The molecule has 102 valence electrons. The van der Waals surface area contributed by atoms with E-state index in [1.54, 1.807) is 12.1 Å². The number of hydrogen-bond donors (Lipinski definition) is 1. The van der Waals surface area contributed by atoms with Crippen molar-refractivity contribution in [3.8, 4) is 0 Å². The molecule has 1 saturated heterocycles. The van der Waals surface area contributed by atoms with Crippen LogP contribution >= 0.6 is 0 Å². The van der Waals surface area contributed by atoms with Crippen LogP contribution in [0.25, 0.3) is 6.08 Å². The van der Waals surface area contributed by atoms with Gasteiger partial charge in [0.25, 0.3) is 10.0 Å². The highest BCUT2D eigenvalue weighted by Gasteiger charge is 2.21. The fourth-order valence-corrected chi connectivity index (χ4v) is 2.65. The summed E-state index contributed by atoms with van der Waals surface area (Å²) in [7, 11) is -3.74. The van der Waals surface area contributed by atoms with Gasteiger partial charge in [-0.1, -0.05) is 30.3 Å². The van der Waals surface area contributed by atoms with Gasteiger partial charge in [0.05, 0.1) is 5.41 Å². The minimum Gasteiger partial charge on any atom is -0.324 e. The Kier molecular flexibility index (Phi) is 4.21. The van der Waals surface area contributed by atoms with E-state index in [9.17, 15) is 13.2 Å². The van der Waals surface area contributed by atoms with Crippen LogP contribution in [0.4, 0.5) is 4.79 Å². The standard InChI is InChI=1S/C13H16N2O3S/c16-13(15-9-4-5-10-15)14-19(17,18)11-8-12-6-2-1-3-7-12/h1-3,6-8,11H,4-5,9-10H2,(H,14,16). The maximum absolute atomic E-state index is 11.7. The van der Waals surface area contributed by atoms with Crippen molar-refractivity contribution in [3.63, 3.8) is 0 Å². The van der Waals surface area contributed by atoms with E-state index in [0.29, 0.717) is 13.1 Å². The lowest BCUT2D eigenvalue weighted by molar-refractivity contribution is 0.215. The van der Waals surface area contributed by atoms with E-state index >= 15 is 0 Å². The SMILES string of the molecule is O=C(NS(=O)(=O)C=Cc1ccccc1)N1CCCC1. The molecule has 0 atom stereocenters. The lowest BCUT2D eigenvalue weighted by Gasteiger charge is -2.14. The molecule has 1 aromatic rings. The third-order valence-corrected chi connectivity index (χ3v) is 3.82. The number of amides is 2. The molecule has 0 aliphatic carbocycles. The van der Waals surface area contributed by atoms with Gasteiger partial charge < -0.3 is 4.90 Å². The highest BCUT2D eigenvalue weighted by Crippen LogP contribution is 2.08. The van der Waals surface area contributed by atoms with Gasteiger partial charge in [0.2, 0.25) is 0 Å². The van der Waals surface area contributed by atoms with Crippen LogP contribution in [-0.2, 0) is 10.0 Å². The van der Waals surface area contributed by atoms with Crippen LogP contribution in [0.3, 0.4) is 0 Å². The Morgan fingerprint density at radius 1 is 1.16 bits per heavy atom. The Balaban J connectivity index is 1.98. The molecule has 1 aliphatic heterocycles. The molecule has 0 unspecified atom stereocenters. The molecule has 0 bridgehead atoms. The van der Waals surface area contributed by atoms with Crippen molar-refractivity contribution in [1.82, 2.24) is 9.62 Å². The molecule has 0 saturated carbocycles. The summed E-state index contributed by atoms with van der Waals surface area (Å²) in [6.07, 6.45) is 3.31. The number of rotatable bonds is 3. The average Bonchev–Trinajstić information content (AvgIpc) is 2.91. The number of carbonyl (C=O) groups excluding carboxylic acids is 1. The van der Waals surface area contributed by atoms with Crippen molar-refractivity contribution in [1.29, 1.82) is 0 Å². The van der Waals surface area contributed by atoms with Crippen LogP contribution in [0.15, 0.2) is 35.7 Å². The monoisotopic (exact) mass is 280 g/mol. The molecule has 0 radical (unpaired) electrons. The van der Waals surface area contributed by atoms with E-state index < -0.39 is 16.1 Å². The summed E-state index contributed by atoms with van der Waals surface area (Å²) in [4.78, 5) is 13.2. The number of sulfonamides is 1. The second kappa shape index (κ2) is 5.88. The summed E-state index contributed by atoms with van der Waals surface area (Å²) < 4.78 is 25.5. The zero-order chi connectivity index (χ0) is 13.7. The van der Waals surface area contributed by atoms with Gasteiger partial charge in [0.1, 0.15) is 0 Å². The zero-order valence-corrected chi connectivity index (χ0v) is 11.3. The first-order valence-electron chi connectivity index (χ1n) is 6.12. The molecule has 0 spiro atoms. The normalized spacial score (nSPS) is 15.9. The number of carbonyl (C=O) groups is 1. The van der Waals surface area contributed by atoms with Gasteiger partial charge in [0.15, 0.2) is 0 Å². The first kappa shape index (κ1) is 13.6. The summed E-state index contributed by atoms with van der Waals surface area (Å²) in [5, 5.41) is 1.01. The Labute approximate surface area is 113 Å². The molecule has 1 N–H and O–H groups in total. The summed E-state index contributed by atoms with van der Waals surface area (Å²) in [5.41, 5.74) is 0.765. The molecule has 1 aliphatic rings. The number of urea groups is 1. The number of nitrogens with one attached hydrogen (secondary N) is 1. The van der Waals surface area contributed by atoms with Crippen LogP contribution in [0.1, 0.15) is 18.4 Å². The lowest BCUT2D eigenvalue weighted by Crippen LogP contribution is -2.40. The van der Waals surface area contributed by atoms with E-state index in [0.717, 1.165) is 23.8 Å². The minimum absolute atomic E-state index is 0.546. The number of hydrogen-bond acceptors (Lipinski definition) is 3. The van der Waals surface area contributed by atoms with Crippen molar-refractivity contribution in [2.45, 2.75) is 12.8 Å². The molecule has 1 aromatic carbocycles. The second-order valence-corrected chi connectivity index (χ2v) is 5.93. The van der Waals surface area contributed by atoms with Crippen molar-refractivity contribution in [2.24, 2.45) is 0 Å². The average molecular weight is 280 g/mol. The number of likely N-dealkylation sites (tertiary alicyclic amines) is 1. The molecule has 1 heterocycles. The predicted molar refractivity (Wildman–Crippen MR) is 73.7 cm³/mol. The van der Waals surface area contributed by atoms with E-state index in [2.05, 4.69) is 0 Å². The Morgan fingerprint density at radius 3 is 2.42 bits per heavy atom. The maximum atomic E-state index is 11.7. The summed E-state index contributed by atoms with van der Waals surface area (Å²) in [5.74, 6) is 0.